The Hall–Kier alpha value is -1.69. The van der Waals surface area contributed by atoms with Gasteiger partial charge >= 0.3 is 0 Å². The summed E-state index contributed by atoms with van der Waals surface area (Å²) in [7, 11) is -3.52. The number of sulfonamides is 1. The van der Waals surface area contributed by atoms with Gasteiger partial charge in [0.2, 0.25) is 10.0 Å². The maximum Gasteiger partial charge on any atom is 0.240 e. The number of hydrogen-bond donors (Lipinski definition) is 1. The Morgan fingerprint density at radius 2 is 1.73 bits per heavy atom. The first-order valence-electron chi connectivity index (χ1n) is 9.35. The van der Waals surface area contributed by atoms with E-state index in [2.05, 4.69) is 11.6 Å². The molecule has 140 valence electrons. The Labute approximate surface area is 156 Å². The van der Waals surface area contributed by atoms with E-state index < -0.39 is 10.0 Å². The first kappa shape index (κ1) is 19.1. The van der Waals surface area contributed by atoms with Gasteiger partial charge in [0.25, 0.3) is 0 Å². The molecule has 3 rings (SSSR count). The van der Waals surface area contributed by atoms with Gasteiger partial charge in [0.05, 0.1) is 17.6 Å². The SMILES string of the molecule is CCCc1ccc(S(=O)(=O)NC2CCCC2OCc2ccccc2)cc1. The van der Waals surface area contributed by atoms with Crippen molar-refractivity contribution in [3.05, 3.63) is 65.7 Å². The molecule has 1 fully saturated rings. The second-order valence-corrected chi connectivity index (χ2v) is 8.60. The van der Waals surface area contributed by atoms with Gasteiger partial charge in [0.1, 0.15) is 0 Å². The second-order valence-electron chi connectivity index (χ2n) is 6.89. The van der Waals surface area contributed by atoms with E-state index in [-0.39, 0.29) is 12.1 Å². The van der Waals surface area contributed by atoms with Crippen LogP contribution in [0.4, 0.5) is 0 Å². The fourth-order valence-corrected chi connectivity index (χ4v) is 4.73. The number of benzene rings is 2. The summed E-state index contributed by atoms with van der Waals surface area (Å²) in [6.45, 7) is 2.62. The third-order valence-electron chi connectivity index (χ3n) is 4.84. The molecule has 0 radical (unpaired) electrons. The van der Waals surface area contributed by atoms with Gasteiger partial charge in [-0.3, -0.25) is 0 Å². The van der Waals surface area contributed by atoms with Crippen LogP contribution in [0.3, 0.4) is 0 Å². The average molecular weight is 374 g/mol. The Bertz CT molecular complexity index is 788. The summed E-state index contributed by atoms with van der Waals surface area (Å²) in [6, 6.07) is 17.0. The third-order valence-corrected chi connectivity index (χ3v) is 6.34. The Morgan fingerprint density at radius 1 is 1.00 bits per heavy atom. The normalized spacial score (nSPS) is 20.3. The fraction of sp³-hybridized carbons (Fsp3) is 0.429. The van der Waals surface area contributed by atoms with Crippen molar-refractivity contribution in [2.45, 2.75) is 62.7 Å². The summed E-state index contributed by atoms with van der Waals surface area (Å²) in [6.07, 6.45) is 4.60. The predicted molar refractivity (Wildman–Crippen MR) is 103 cm³/mol. The van der Waals surface area contributed by atoms with Crippen molar-refractivity contribution in [1.82, 2.24) is 4.72 Å². The van der Waals surface area contributed by atoms with Gasteiger partial charge in [-0.2, -0.15) is 0 Å². The van der Waals surface area contributed by atoms with Gasteiger partial charge in [-0.05, 0) is 48.9 Å². The molecule has 26 heavy (non-hydrogen) atoms. The summed E-state index contributed by atoms with van der Waals surface area (Å²) in [5.41, 5.74) is 2.27. The van der Waals surface area contributed by atoms with E-state index in [1.54, 1.807) is 12.1 Å². The van der Waals surface area contributed by atoms with E-state index >= 15 is 0 Å². The zero-order valence-electron chi connectivity index (χ0n) is 15.2. The van der Waals surface area contributed by atoms with Crippen LogP contribution in [-0.2, 0) is 27.8 Å². The lowest BCUT2D eigenvalue weighted by Crippen LogP contribution is -2.41. The maximum absolute atomic E-state index is 12.7. The van der Waals surface area contributed by atoms with Crippen LogP contribution in [0.15, 0.2) is 59.5 Å². The van der Waals surface area contributed by atoms with Gasteiger partial charge in [-0.1, -0.05) is 55.8 Å². The highest BCUT2D eigenvalue weighted by Crippen LogP contribution is 2.25. The molecule has 4 nitrogen and oxygen atoms in total. The molecular weight excluding hydrogens is 346 g/mol. The Kier molecular flexibility index (Phi) is 6.46. The van der Waals surface area contributed by atoms with Crippen molar-refractivity contribution in [1.29, 1.82) is 0 Å². The Morgan fingerprint density at radius 3 is 2.42 bits per heavy atom. The lowest BCUT2D eigenvalue weighted by molar-refractivity contribution is 0.0325. The van der Waals surface area contributed by atoms with Gasteiger partial charge in [-0.25, -0.2) is 13.1 Å². The van der Waals surface area contributed by atoms with Crippen molar-refractivity contribution in [2.75, 3.05) is 0 Å². The summed E-state index contributed by atoms with van der Waals surface area (Å²) in [5.74, 6) is 0. The molecule has 2 atom stereocenters. The molecule has 1 aliphatic carbocycles. The molecule has 1 aliphatic rings. The minimum Gasteiger partial charge on any atom is -0.372 e. The first-order chi connectivity index (χ1) is 12.6. The summed E-state index contributed by atoms with van der Waals surface area (Å²) >= 11 is 0. The van der Waals surface area contributed by atoms with Gasteiger partial charge in [0, 0.05) is 6.04 Å². The molecule has 1 N–H and O–H groups in total. The molecule has 0 aliphatic heterocycles. The standard InChI is InChI=1S/C21H27NO3S/c1-2-7-17-12-14-19(15-13-17)26(23,24)22-20-10-6-11-21(20)25-16-18-8-4-3-5-9-18/h3-5,8-9,12-15,20-22H,2,6-7,10-11,16H2,1H3. The minimum absolute atomic E-state index is 0.0793. The molecule has 0 aromatic heterocycles. The zero-order valence-corrected chi connectivity index (χ0v) is 16.0. The van der Waals surface area contributed by atoms with Gasteiger partial charge in [-0.15, -0.1) is 0 Å². The molecule has 1 saturated carbocycles. The molecule has 0 bridgehead atoms. The van der Waals surface area contributed by atoms with Crippen LogP contribution in [0.25, 0.3) is 0 Å². The van der Waals surface area contributed by atoms with Gasteiger partial charge in [0.15, 0.2) is 0 Å². The molecule has 5 heteroatoms. The average Bonchev–Trinajstić information content (AvgIpc) is 3.08. The highest BCUT2D eigenvalue weighted by Gasteiger charge is 2.32. The van der Waals surface area contributed by atoms with Crippen LogP contribution in [0, 0.1) is 0 Å². The minimum atomic E-state index is -3.52. The van der Waals surface area contributed by atoms with Crippen LogP contribution in [0.2, 0.25) is 0 Å². The maximum atomic E-state index is 12.7. The lowest BCUT2D eigenvalue weighted by atomic mass is 10.1. The number of aryl methyl sites for hydroxylation is 1. The predicted octanol–water partition coefficient (Wildman–Crippen LogP) is 4.06. The molecule has 0 spiro atoms. The smallest absolute Gasteiger partial charge is 0.240 e. The number of ether oxygens (including phenoxy) is 1. The monoisotopic (exact) mass is 373 g/mol. The lowest BCUT2D eigenvalue weighted by Gasteiger charge is -2.21. The molecule has 0 amide bonds. The molecule has 2 aromatic carbocycles. The van der Waals surface area contributed by atoms with Crippen molar-refractivity contribution < 1.29 is 13.2 Å². The second kappa shape index (κ2) is 8.80. The first-order valence-corrected chi connectivity index (χ1v) is 10.8. The number of nitrogens with one attached hydrogen (secondary N) is 1. The van der Waals surface area contributed by atoms with E-state index in [9.17, 15) is 8.42 Å². The van der Waals surface area contributed by atoms with Crippen molar-refractivity contribution in [3.63, 3.8) is 0 Å². The van der Waals surface area contributed by atoms with E-state index in [1.807, 2.05) is 42.5 Å². The molecule has 2 aromatic rings. The van der Waals surface area contributed by atoms with Crippen LogP contribution in [0.5, 0.6) is 0 Å². The highest BCUT2D eigenvalue weighted by molar-refractivity contribution is 7.89. The van der Waals surface area contributed by atoms with Crippen molar-refractivity contribution in [3.8, 4) is 0 Å². The van der Waals surface area contributed by atoms with E-state index in [4.69, 9.17) is 4.74 Å². The molecular formula is C21H27NO3S. The van der Waals surface area contributed by atoms with Crippen LogP contribution >= 0.6 is 0 Å². The van der Waals surface area contributed by atoms with E-state index in [0.717, 1.165) is 43.2 Å². The fourth-order valence-electron chi connectivity index (χ4n) is 3.43. The largest absolute Gasteiger partial charge is 0.372 e. The molecule has 2 unspecified atom stereocenters. The zero-order chi connectivity index (χ0) is 18.4. The van der Waals surface area contributed by atoms with Crippen LogP contribution in [-0.4, -0.2) is 20.6 Å². The van der Waals surface area contributed by atoms with Crippen LogP contribution < -0.4 is 4.72 Å². The third kappa shape index (κ3) is 4.93. The topological polar surface area (TPSA) is 55.4 Å². The molecule has 0 saturated heterocycles. The number of rotatable bonds is 8. The number of hydrogen-bond acceptors (Lipinski definition) is 3. The highest BCUT2D eigenvalue weighted by atomic mass is 32.2. The van der Waals surface area contributed by atoms with Crippen molar-refractivity contribution in [2.24, 2.45) is 0 Å². The Balaban J connectivity index is 1.62. The van der Waals surface area contributed by atoms with Crippen LogP contribution in [0.1, 0.15) is 43.7 Å². The summed E-state index contributed by atoms with van der Waals surface area (Å²) in [5, 5.41) is 0. The molecule has 0 heterocycles. The van der Waals surface area contributed by atoms with E-state index in [0.29, 0.717) is 11.5 Å². The van der Waals surface area contributed by atoms with Gasteiger partial charge < -0.3 is 4.74 Å². The van der Waals surface area contributed by atoms with E-state index in [1.165, 1.54) is 0 Å². The summed E-state index contributed by atoms with van der Waals surface area (Å²) in [4.78, 5) is 0.325. The summed E-state index contributed by atoms with van der Waals surface area (Å²) < 4.78 is 34.3. The van der Waals surface area contributed by atoms with Crippen molar-refractivity contribution >= 4 is 10.0 Å². The quantitative estimate of drug-likeness (QED) is 0.759.